The van der Waals surface area contributed by atoms with Crippen molar-refractivity contribution in [1.29, 1.82) is 0 Å². The molecule has 0 bridgehead atoms. The minimum Gasteiger partial charge on any atom is -0.241 e. The zero-order valence-corrected chi connectivity index (χ0v) is 14.7. The standard InChI is InChI=1S/C22H19NS/c1-15-7-11-17(12-8-15)21-19-5-3-4-6-20(19)23-22(24-21)18-13-9-16(2)10-14-18/h3-14,21H,1-2H3. The van der Waals surface area contributed by atoms with Gasteiger partial charge < -0.3 is 0 Å². The van der Waals surface area contributed by atoms with Gasteiger partial charge >= 0.3 is 0 Å². The SMILES string of the molecule is Cc1ccc(C2=Nc3ccccc3C(c3ccc(C)cc3)S2)cc1. The van der Waals surface area contributed by atoms with Gasteiger partial charge in [-0.25, -0.2) is 4.99 Å². The van der Waals surface area contributed by atoms with E-state index in [2.05, 4.69) is 86.6 Å². The van der Waals surface area contributed by atoms with Crippen LogP contribution in [0.5, 0.6) is 0 Å². The smallest absolute Gasteiger partial charge is 0.105 e. The van der Waals surface area contributed by atoms with Crippen LogP contribution >= 0.6 is 11.8 Å². The van der Waals surface area contributed by atoms with Crippen LogP contribution in [0, 0.1) is 13.8 Å². The molecule has 4 rings (SSSR count). The van der Waals surface area contributed by atoms with Gasteiger partial charge in [0, 0.05) is 5.56 Å². The molecule has 1 heterocycles. The van der Waals surface area contributed by atoms with Crippen LogP contribution in [0.15, 0.2) is 77.8 Å². The van der Waals surface area contributed by atoms with Crippen LogP contribution in [0.2, 0.25) is 0 Å². The first-order chi connectivity index (χ1) is 11.7. The fourth-order valence-electron chi connectivity index (χ4n) is 2.94. The predicted molar refractivity (Wildman–Crippen MR) is 104 cm³/mol. The van der Waals surface area contributed by atoms with Gasteiger partial charge in [-0.3, -0.25) is 0 Å². The van der Waals surface area contributed by atoms with Crippen molar-refractivity contribution in [2.75, 3.05) is 0 Å². The minimum atomic E-state index is 0.288. The highest BCUT2D eigenvalue weighted by molar-refractivity contribution is 8.14. The number of hydrogen-bond acceptors (Lipinski definition) is 2. The van der Waals surface area contributed by atoms with E-state index in [1.54, 1.807) is 0 Å². The average Bonchev–Trinajstić information content (AvgIpc) is 2.62. The van der Waals surface area contributed by atoms with E-state index in [0.29, 0.717) is 0 Å². The molecule has 2 heteroatoms. The highest BCUT2D eigenvalue weighted by atomic mass is 32.2. The third-order valence-corrected chi connectivity index (χ3v) is 5.66. The van der Waals surface area contributed by atoms with E-state index in [-0.39, 0.29) is 5.25 Å². The van der Waals surface area contributed by atoms with Crippen molar-refractivity contribution in [2.24, 2.45) is 4.99 Å². The third kappa shape index (κ3) is 2.90. The van der Waals surface area contributed by atoms with E-state index in [4.69, 9.17) is 4.99 Å². The number of benzene rings is 3. The molecule has 1 aliphatic rings. The number of aryl methyl sites for hydroxylation is 2. The van der Waals surface area contributed by atoms with E-state index in [9.17, 15) is 0 Å². The molecule has 0 aliphatic carbocycles. The molecular weight excluding hydrogens is 310 g/mol. The second-order valence-corrected chi connectivity index (χ2v) is 7.34. The Balaban J connectivity index is 1.80. The molecule has 0 aromatic heterocycles. The second-order valence-electron chi connectivity index (χ2n) is 6.25. The molecule has 0 fully saturated rings. The van der Waals surface area contributed by atoms with Crippen molar-refractivity contribution < 1.29 is 0 Å². The molecule has 3 aromatic rings. The minimum absolute atomic E-state index is 0.288. The summed E-state index contributed by atoms with van der Waals surface area (Å²) < 4.78 is 0. The molecule has 1 aliphatic heterocycles. The monoisotopic (exact) mass is 329 g/mol. The van der Waals surface area contributed by atoms with Gasteiger partial charge in [0.1, 0.15) is 5.04 Å². The van der Waals surface area contributed by atoms with E-state index >= 15 is 0 Å². The Bertz CT molecular complexity index is 892. The largest absolute Gasteiger partial charge is 0.241 e. The summed E-state index contributed by atoms with van der Waals surface area (Å²) in [5.41, 5.74) is 7.46. The summed E-state index contributed by atoms with van der Waals surface area (Å²) in [5, 5.41) is 1.38. The van der Waals surface area contributed by atoms with Crippen molar-refractivity contribution in [2.45, 2.75) is 19.1 Å². The molecule has 0 radical (unpaired) electrons. The lowest BCUT2D eigenvalue weighted by Crippen LogP contribution is -2.08. The molecule has 0 spiro atoms. The topological polar surface area (TPSA) is 12.4 Å². The summed E-state index contributed by atoms with van der Waals surface area (Å²) in [4.78, 5) is 4.92. The summed E-state index contributed by atoms with van der Waals surface area (Å²) >= 11 is 1.84. The van der Waals surface area contributed by atoms with Gasteiger partial charge in [-0.05, 0) is 31.0 Å². The third-order valence-electron chi connectivity index (χ3n) is 4.35. The van der Waals surface area contributed by atoms with Gasteiger partial charge in [0.25, 0.3) is 0 Å². The Morgan fingerprint density at radius 2 is 1.38 bits per heavy atom. The summed E-state index contributed by atoms with van der Waals surface area (Å²) in [7, 11) is 0. The van der Waals surface area contributed by atoms with Crippen molar-refractivity contribution in [3.05, 3.63) is 101 Å². The molecule has 118 valence electrons. The molecule has 1 nitrogen and oxygen atoms in total. The predicted octanol–water partition coefficient (Wildman–Crippen LogP) is 6.22. The van der Waals surface area contributed by atoms with Crippen LogP contribution < -0.4 is 0 Å². The van der Waals surface area contributed by atoms with Crippen LogP contribution in [-0.2, 0) is 0 Å². The lowest BCUT2D eigenvalue weighted by molar-refractivity contribution is 1.14. The van der Waals surface area contributed by atoms with E-state index in [1.165, 1.54) is 27.8 Å². The van der Waals surface area contributed by atoms with Crippen molar-refractivity contribution in [3.8, 4) is 0 Å². The van der Waals surface area contributed by atoms with Gasteiger partial charge in [0.2, 0.25) is 0 Å². The van der Waals surface area contributed by atoms with Gasteiger partial charge in [-0.2, -0.15) is 0 Å². The van der Waals surface area contributed by atoms with Crippen molar-refractivity contribution in [1.82, 2.24) is 0 Å². The zero-order chi connectivity index (χ0) is 16.5. The number of hydrogen-bond donors (Lipinski definition) is 0. The highest BCUT2D eigenvalue weighted by Crippen LogP contribution is 2.46. The maximum absolute atomic E-state index is 4.92. The summed E-state index contributed by atoms with van der Waals surface area (Å²) in [6.45, 7) is 4.24. The fraction of sp³-hybridized carbons (Fsp3) is 0.136. The van der Waals surface area contributed by atoms with Crippen LogP contribution in [0.25, 0.3) is 0 Å². The lowest BCUT2D eigenvalue weighted by Gasteiger charge is -2.25. The number of thioether (sulfide) groups is 1. The lowest BCUT2D eigenvalue weighted by atomic mass is 10.0. The Hall–Kier alpha value is -2.32. The van der Waals surface area contributed by atoms with Crippen LogP contribution in [0.4, 0.5) is 5.69 Å². The molecular formula is C22H19NS. The highest BCUT2D eigenvalue weighted by Gasteiger charge is 2.25. The first-order valence-corrected chi connectivity index (χ1v) is 9.06. The number of fused-ring (bicyclic) bond motifs is 1. The quantitative estimate of drug-likeness (QED) is 0.544. The number of aliphatic imine (C=N–C) groups is 1. The van der Waals surface area contributed by atoms with Gasteiger partial charge in [-0.15, -0.1) is 0 Å². The number of nitrogens with zero attached hydrogens (tertiary/aromatic N) is 1. The molecule has 24 heavy (non-hydrogen) atoms. The van der Waals surface area contributed by atoms with Crippen LogP contribution in [0.3, 0.4) is 0 Å². The van der Waals surface area contributed by atoms with Gasteiger partial charge in [0.15, 0.2) is 0 Å². The van der Waals surface area contributed by atoms with E-state index in [1.807, 2.05) is 11.8 Å². The maximum atomic E-state index is 4.92. The van der Waals surface area contributed by atoms with Crippen molar-refractivity contribution in [3.63, 3.8) is 0 Å². The first kappa shape index (κ1) is 15.2. The Morgan fingerprint density at radius 1 is 0.750 bits per heavy atom. The Labute approximate surface area is 147 Å². The molecule has 0 N–H and O–H groups in total. The first-order valence-electron chi connectivity index (χ1n) is 8.18. The normalized spacial score (nSPS) is 16.4. The second kappa shape index (κ2) is 6.29. The van der Waals surface area contributed by atoms with E-state index in [0.717, 1.165) is 10.7 Å². The molecule has 0 saturated heterocycles. The molecule has 1 unspecified atom stereocenters. The zero-order valence-electron chi connectivity index (χ0n) is 13.9. The van der Waals surface area contributed by atoms with Crippen molar-refractivity contribution >= 4 is 22.5 Å². The number of rotatable bonds is 2. The van der Waals surface area contributed by atoms with Crippen LogP contribution in [-0.4, -0.2) is 5.04 Å². The summed E-state index contributed by atoms with van der Waals surface area (Å²) in [6.07, 6.45) is 0. The molecule has 3 aromatic carbocycles. The van der Waals surface area contributed by atoms with Crippen LogP contribution in [0.1, 0.15) is 33.1 Å². The Morgan fingerprint density at radius 3 is 2.08 bits per heavy atom. The average molecular weight is 329 g/mol. The molecule has 0 saturated carbocycles. The fourth-order valence-corrected chi connectivity index (χ4v) is 4.21. The summed E-state index contributed by atoms with van der Waals surface area (Å²) in [6, 6.07) is 26.0. The number of para-hydroxylation sites is 1. The van der Waals surface area contributed by atoms with E-state index < -0.39 is 0 Å². The summed E-state index contributed by atoms with van der Waals surface area (Å²) in [5.74, 6) is 0. The maximum Gasteiger partial charge on any atom is 0.105 e. The molecule has 0 amide bonds. The molecule has 1 atom stereocenters. The van der Waals surface area contributed by atoms with Gasteiger partial charge in [0.05, 0.1) is 10.9 Å². The van der Waals surface area contributed by atoms with Gasteiger partial charge in [-0.1, -0.05) is 89.6 Å². The Kier molecular flexibility index (Phi) is 3.99.